The molecular formula is C19H34N2O4. The topological polar surface area (TPSA) is 76.7 Å². The molecule has 0 saturated carbocycles. The first-order valence-electron chi connectivity index (χ1n) is 9.61. The van der Waals surface area contributed by atoms with Gasteiger partial charge in [0.1, 0.15) is 0 Å². The first-order chi connectivity index (χ1) is 11.8. The molecule has 3 unspecified atom stereocenters. The highest BCUT2D eigenvalue weighted by molar-refractivity contribution is 5.79. The minimum absolute atomic E-state index is 0.00814. The van der Waals surface area contributed by atoms with Crippen molar-refractivity contribution < 1.29 is 19.1 Å². The van der Waals surface area contributed by atoms with Gasteiger partial charge < -0.3 is 20.1 Å². The molecule has 2 aliphatic rings. The van der Waals surface area contributed by atoms with E-state index in [4.69, 9.17) is 9.47 Å². The summed E-state index contributed by atoms with van der Waals surface area (Å²) in [7, 11) is 0. The SMILES string of the molecule is CC(C)C(=O)NC1CCOC(CC(C)C(=O)NC2(C)CCOCC2)C1. The van der Waals surface area contributed by atoms with Gasteiger partial charge in [0.05, 0.1) is 6.10 Å². The third-order valence-electron chi connectivity index (χ3n) is 5.32. The van der Waals surface area contributed by atoms with Crippen molar-refractivity contribution in [1.29, 1.82) is 0 Å². The lowest BCUT2D eigenvalue weighted by atomic mass is 9.90. The summed E-state index contributed by atoms with van der Waals surface area (Å²) in [6.45, 7) is 9.89. The van der Waals surface area contributed by atoms with Gasteiger partial charge in [-0.05, 0) is 39.0 Å². The summed E-state index contributed by atoms with van der Waals surface area (Å²) in [6, 6.07) is 0.150. The van der Waals surface area contributed by atoms with E-state index in [1.54, 1.807) is 0 Å². The van der Waals surface area contributed by atoms with Gasteiger partial charge in [0.2, 0.25) is 11.8 Å². The summed E-state index contributed by atoms with van der Waals surface area (Å²) in [5.74, 6) is 0.0562. The fourth-order valence-electron chi connectivity index (χ4n) is 3.41. The van der Waals surface area contributed by atoms with Crippen LogP contribution in [-0.2, 0) is 19.1 Å². The monoisotopic (exact) mass is 354 g/mol. The summed E-state index contributed by atoms with van der Waals surface area (Å²) in [6.07, 6.45) is 4.04. The molecule has 25 heavy (non-hydrogen) atoms. The Bertz CT molecular complexity index is 460. The molecule has 0 aliphatic carbocycles. The zero-order valence-electron chi connectivity index (χ0n) is 16.1. The number of nitrogens with one attached hydrogen (secondary N) is 2. The van der Waals surface area contributed by atoms with E-state index < -0.39 is 0 Å². The molecule has 0 aromatic rings. The molecule has 3 atom stereocenters. The molecule has 2 N–H and O–H groups in total. The van der Waals surface area contributed by atoms with Crippen LogP contribution in [0.3, 0.4) is 0 Å². The van der Waals surface area contributed by atoms with E-state index in [1.807, 2.05) is 20.8 Å². The van der Waals surface area contributed by atoms with E-state index >= 15 is 0 Å². The maximum Gasteiger partial charge on any atom is 0.223 e. The molecular weight excluding hydrogens is 320 g/mol. The van der Waals surface area contributed by atoms with Crippen molar-refractivity contribution >= 4 is 11.8 Å². The fourth-order valence-corrected chi connectivity index (χ4v) is 3.41. The Kier molecular flexibility index (Phi) is 7.25. The molecule has 0 spiro atoms. The molecule has 144 valence electrons. The van der Waals surface area contributed by atoms with Crippen LogP contribution in [0.5, 0.6) is 0 Å². The highest BCUT2D eigenvalue weighted by Crippen LogP contribution is 2.23. The molecule has 0 radical (unpaired) electrons. The second kappa shape index (κ2) is 8.99. The quantitative estimate of drug-likeness (QED) is 0.765. The van der Waals surface area contributed by atoms with Crippen molar-refractivity contribution in [3.05, 3.63) is 0 Å². The predicted molar refractivity (Wildman–Crippen MR) is 96.1 cm³/mol. The lowest BCUT2D eigenvalue weighted by Crippen LogP contribution is -2.51. The average Bonchev–Trinajstić information content (AvgIpc) is 2.55. The van der Waals surface area contributed by atoms with Crippen LogP contribution >= 0.6 is 0 Å². The summed E-state index contributed by atoms with van der Waals surface area (Å²) < 4.78 is 11.2. The molecule has 2 amide bonds. The van der Waals surface area contributed by atoms with Crippen LogP contribution in [0, 0.1) is 11.8 Å². The third kappa shape index (κ3) is 6.26. The Morgan fingerprint density at radius 3 is 2.44 bits per heavy atom. The molecule has 2 saturated heterocycles. The number of hydrogen-bond donors (Lipinski definition) is 2. The Labute approximate surface area is 151 Å². The van der Waals surface area contributed by atoms with E-state index in [-0.39, 0.29) is 41.3 Å². The maximum absolute atomic E-state index is 12.6. The Morgan fingerprint density at radius 2 is 1.80 bits per heavy atom. The first kappa shape index (κ1) is 20.2. The fraction of sp³-hybridized carbons (Fsp3) is 0.895. The highest BCUT2D eigenvalue weighted by atomic mass is 16.5. The van der Waals surface area contributed by atoms with Gasteiger partial charge in [0, 0.05) is 43.2 Å². The third-order valence-corrected chi connectivity index (χ3v) is 5.32. The van der Waals surface area contributed by atoms with Crippen LogP contribution < -0.4 is 10.6 Å². The minimum atomic E-state index is -0.162. The first-order valence-corrected chi connectivity index (χ1v) is 9.61. The standard InChI is InChI=1S/C19H34N2O4/c1-13(2)17(22)20-15-5-8-25-16(12-15)11-14(3)18(23)21-19(4)6-9-24-10-7-19/h13-16H,5-12H2,1-4H3,(H,20,22)(H,21,23). The van der Waals surface area contributed by atoms with Crippen LogP contribution in [0.25, 0.3) is 0 Å². The Balaban J connectivity index is 1.79. The van der Waals surface area contributed by atoms with Crippen molar-refractivity contribution in [3.8, 4) is 0 Å². The highest BCUT2D eigenvalue weighted by Gasteiger charge is 2.32. The van der Waals surface area contributed by atoms with Crippen molar-refractivity contribution in [2.24, 2.45) is 11.8 Å². The normalized spacial score (nSPS) is 27.6. The number of hydrogen-bond acceptors (Lipinski definition) is 4. The van der Waals surface area contributed by atoms with Gasteiger partial charge >= 0.3 is 0 Å². The number of carbonyl (C=O) groups excluding carboxylic acids is 2. The largest absolute Gasteiger partial charge is 0.381 e. The average molecular weight is 354 g/mol. The summed E-state index contributed by atoms with van der Waals surface area (Å²) in [4.78, 5) is 24.4. The van der Waals surface area contributed by atoms with Crippen molar-refractivity contribution in [1.82, 2.24) is 10.6 Å². The zero-order chi connectivity index (χ0) is 18.4. The molecule has 2 aliphatic heterocycles. The van der Waals surface area contributed by atoms with Gasteiger partial charge in [0.25, 0.3) is 0 Å². The lowest BCUT2D eigenvalue weighted by molar-refractivity contribution is -0.130. The van der Waals surface area contributed by atoms with E-state index in [0.717, 1.165) is 25.7 Å². The minimum Gasteiger partial charge on any atom is -0.381 e. The molecule has 6 heteroatoms. The van der Waals surface area contributed by atoms with Crippen molar-refractivity contribution in [3.63, 3.8) is 0 Å². The van der Waals surface area contributed by atoms with Crippen LogP contribution in [0.15, 0.2) is 0 Å². The van der Waals surface area contributed by atoms with Gasteiger partial charge in [-0.15, -0.1) is 0 Å². The Morgan fingerprint density at radius 1 is 1.12 bits per heavy atom. The Hall–Kier alpha value is -1.14. The van der Waals surface area contributed by atoms with E-state index in [0.29, 0.717) is 26.2 Å². The number of ether oxygens (including phenoxy) is 2. The summed E-state index contributed by atoms with van der Waals surface area (Å²) >= 11 is 0. The van der Waals surface area contributed by atoms with E-state index in [2.05, 4.69) is 17.6 Å². The number of rotatable bonds is 6. The number of amides is 2. The van der Waals surface area contributed by atoms with Crippen molar-refractivity contribution in [2.45, 2.75) is 77.5 Å². The van der Waals surface area contributed by atoms with Crippen LogP contribution in [0.4, 0.5) is 0 Å². The second-order valence-electron chi connectivity index (χ2n) is 8.18. The predicted octanol–water partition coefficient (Wildman–Crippen LogP) is 2.02. The lowest BCUT2D eigenvalue weighted by Gasteiger charge is -2.36. The zero-order valence-corrected chi connectivity index (χ0v) is 16.1. The van der Waals surface area contributed by atoms with Crippen molar-refractivity contribution in [2.75, 3.05) is 19.8 Å². The summed E-state index contributed by atoms with van der Waals surface area (Å²) in [5.41, 5.74) is -0.162. The van der Waals surface area contributed by atoms with Crippen LogP contribution in [0.2, 0.25) is 0 Å². The van der Waals surface area contributed by atoms with Gasteiger partial charge in [-0.25, -0.2) is 0 Å². The molecule has 0 aromatic carbocycles. The van der Waals surface area contributed by atoms with Gasteiger partial charge in [-0.2, -0.15) is 0 Å². The van der Waals surface area contributed by atoms with E-state index in [1.165, 1.54) is 0 Å². The molecule has 2 heterocycles. The summed E-state index contributed by atoms with van der Waals surface area (Å²) in [5, 5.41) is 6.29. The second-order valence-corrected chi connectivity index (χ2v) is 8.18. The molecule has 6 nitrogen and oxygen atoms in total. The van der Waals surface area contributed by atoms with Crippen LogP contribution in [0.1, 0.15) is 59.8 Å². The van der Waals surface area contributed by atoms with Gasteiger partial charge in [-0.3, -0.25) is 9.59 Å². The van der Waals surface area contributed by atoms with Gasteiger partial charge in [-0.1, -0.05) is 20.8 Å². The number of carbonyl (C=O) groups is 2. The van der Waals surface area contributed by atoms with Crippen LogP contribution in [-0.4, -0.2) is 49.3 Å². The van der Waals surface area contributed by atoms with Gasteiger partial charge in [0.15, 0.2) is 0 Å². The molecule has 0 bridgehead atoms. The molecule has 0 aromatic heterocycles. The smallest absolute Gasteiger partial charge is 0.223 e. The molecule has 2 rings (SSSR count). The maximum atomic E-state index is 12.6. The molecule has 2 fully saturated rings. The van der Waals surface area contributed by atoms with E-state index in [9.17, 15) is 9.59 Å².